The Labute approximate surface area is 138 Å². The zero-order chi connectivity index (χ0) is 16.4. The third-order valence-corrected chi connectivity index (χ3v) is 9.65. The maximum absolute atomic E-state index is 9.09. The molecule has 0 saturated carbocycles. The van der Waals surface area contributed by atoms with Crippen LogP contribution in [-0.4, -0.2) is 18.4 Å². The van der Waals surface area contributed by atoms with Gasteiger partial charge in [-0.05, 0) is 23.7 Å². The van der Waals surface area contributed by atoms with E-state index in [0.29, 0.717) is 6.61 Å². The van der Waals surface area contributed by atoms with E-state index >= 15 is 0 Å². The van der Waals surface area contributed by atoms with Crippen molar-refractivity contribution in [3.05, 3.63) is 40.2 Å². The molecular weight excluding hydrogens is 310 g/mol. The normalized spacial score (nSPS) is 12.6. The molecule has 0 aliphatic rings. The monoisotopic (exact) mass is 335 g/mol. The molecule has 1 N–H and O–H groups in total. The van der Waals surface area contributed by atoms with Crippen LogP contribution in [-0.2, 0) is 17.6 Å². The topological polar surface area (TPSA) is 42.4 Å². The van der Waals surface area contributed by atoms with E-state index in [1.54, 1.807) is 0 Å². The summed E-state index contributed by atoms with van der Waals surface area (Å²) in [4.78, 5) is 4.39. The summed E-state index contributed by atoms with van der Waals surface area (Å²) in [5.41, 5.74) is 3.18. The van der Waals surface area contributed by atoms with Crippen LogP contribution in [0.1, 0.15) is 31.3 Å². The van der Waals surface area contributed by atoms with Crippen LogP contribution >= 0.6 is 11.3 Å². The van der Waals surface area contributed by atoms with Crippen molar-refractivity contribution in [1.29, 1.82) is 0 Å². The minimum Gasteiger partial charge on any atom is -0.413 e. The summed E-state index contributed by atoms with van der Waals surface area (Å²) in [5.74, 6) is 0. The van der Waals surface area contributed by atoms with Gasteiger partial charge in [0.1, 0.15) is 5.01 Å². The number of aromatic nitrogens is 1. The van der Waals surface area contributed by atoms with Crippen LogP contribution in [0, 0.1) is 0 Å². The zero-order valence-electron chi connectivity index (χ0n) is 14.0. The molecule has 0 spiro atoms. The van der Waals surface area contributed by atoms with E-state index in [9.17, 15) is 0 Å². The van der Waals surface area contributed by atoms with E-state index < -0.39 is 8.32 Å². The van der Waals surface area contributed by atoms with E-state index in [4.69, 9.17) is 9.53 Å². The van der Waals surface area contributed by atoms with Gasteiger partial charge in [-0.15, -0.1) is 11.3 Å². The number of thiazole rings is 1. The molecule has 0 fully saturated rings. The third-order valence-electron chi connectivity index (χ3n) is 4.34. The number of hydrogen-bond acceptors (Lipinski definition) is 4. The van der Waals surface area contributed by atoms with Gasteiger partial charge in [-0.2, -0.15) is 0 Å². The number of aliphatic hydroxyl groups excluding tert-OH is 1. The molecule has 0 bridgehead atoms. The average molecular weight is 336 g/mol. The Hall–Kier alpha value is -1.01. The highest BCUT2D eigenvalue weighted by molar-refractivity contribution is 7.09. The Bertz CT molecular complexity index is 614. The maximum atomic E-state index is 9.09. The van der Waals surface area contributed by atoms with Gasteiger partial charge in [-0.1, -0.05) is 45.0 Å². The Morgan fingerprint density at radius 2 is 1.82 bits per heavy atom. The van der Waals surface area contributed by atoms with E-state index in [1.165, 1.54) is 16.9 Å². The fourth-order valence-corrected chi connectivity index (χ4v) is 3.39. The standard InChI is InChI=1S/C17H25NO2SSi/c1-17(2,3)22(4,5)20-11-13-6-8-14(9-7-13)15-12-21-16(10-19)18-15/h6-9,12,19H,10-11H2,1-5H3. The van der Waals surface area contributed by atoms with Crippen LogP contribution in [0.4, 0.5) is 0 Å². The highest BCUT2D eigenvalue weighted by Crippen LogP contribution is 2.37. The Morgan fingerprint density at radius 3 is 2.32 bits per heavy atom. The van der Waals surface area contributed by atoms with Crippen molar-refractivity contribution in [2.75, 3.05) is 0 Å². The van der Waals surface area contributed by atoms with E-state index in [-0.39, 0.29) is 11.6 Å². The van der Waals surface area contributed by atoms with Gasteiger partial charge in [0.05, 0.1) is 18.9 Å². The van der Waals surface area contributed by atoms with Crippen molar-refractivity contribution in [1.82, 2.24) is 4.98 Å². The predicted molar refractivity (Wildman–Crippen MR) is 95.5 cm³/mol. The van der Waals surface area contributed by atoms with Crippen LogP contribution in [0.5, 0.6) is 0 Å². The second kappa shape index (κ2) is 6.62. The molecule has 0 aliphatic heterocycles. The first-order chi connectivity index (χ1) is 10.2. The van der Waals surface area contributed by atoms with Gasteiger partial charge in [-0.3, -0.25) is 0 Å². The van der Waals surface area contributed by atoms with Crippen molar-refractivity contribution in [2.24, 2.45) is 0 Å². The first kappa shape index (κ1) is 17.3. The SMILES string of the molecule is CC(C)(C)[Si](C)(C)OCc1ccc(-c2csc(CO)n2)cc1. The summed E-state index contributed by atoms with van der Waals surface area (Å²) in [7, 11) is -1.71. The van der Waals surface area contributed by atoms with E-state index in [1.807, 2.05) is 5.38 Å². The number of benzene rings is 1. The second-order valence-corrected chi connectivity index (χ2v) is 12.8. The van der Waals surface area contributed by atoms with Gasteiger partial charge in [-0.25, -0.2) is 4.98 Å². The molecule has 5 heteroatoms. The summed E-state index contributed by atoms with van der Waals surface area (Å²) in [6, 6.07) is 8.34. The summed E-state index contributed by atoms with van der Waals surface area (Å²) in [6.07, 6.45) is 0. The van der Waals surface area contributed by atoms with E-state index in [0.717, 1.165) is 16.3 Å². The molecule has 120 valence electrons. The van der Waals surface area contributed by atoms with Gasteiger partial charge < -0.3 is 9.53 Å². The first-order valence-corrected chi connectivity index (χ1v) is 11.3. The molecule has 3 nitrogen and oxygen atoms in total. The highest BCUT2D eigenvalue weighted by atomic mass is 32.1. The van der Waals surface area contributed by atoms with Crippen LogP contribution in [0.3, 0.4) is 0 Å². The van der Waals surface area contributed by atoms with Crippen molar-refractivity contribution < 1.29 is 9.53 Å². The predicted octanol–water partition coefficient (Wildman–Crippen LogP) is 4.82. The molecule has 0 radical (unpaired) electrons. The molecule has 2 aromatic rings. The lowest BCUT2D eigenvalue weighted by atomic mass is 10.1. The van der Waals surface area contributed by atoms with Gasteiger partial charge in [0, 0.05) is 10.9 Å². The lowest BCUT2D eigenvalue weighted by molar-refractivity contribution is 0.276. The Balaban J connectivity index is 2.03. The molecular formula is C17H25NO2SSi. The van der Waals surface area contributed by atoms with Crippen molar-refractivity contribution in [2.45, 2.75) is 52.1 Å². The van der Waals surface area contributed by atoms with Crippen molar-refractivity contribution >= 4 is 19.7 Å². The van der Waals surface area contributed by atoms with Crippen molar-refractivity contribution in [3.63, 3.8) is 0 Å². The van der Waals surface area contributed by atoms with Gasteiger partial charge in [0.2, 0.25) is 0 Å². The molecule has 0 unspecified atom stereocenters. The zero-order valence-corrected chi connectivity index (χ0v) is 15.8. The minimum absolute atomic E-state index is 0.00308. The molecule has 1 aromatic heterocycles. The fourth-order valence-electron chi connectivity index (χ4n) is 1.77. The van der Waals surface area contributed by atoms with Crippen molar-refractivity contribution in [3.8, 4) is 11.3 Å². The summed E-state index contributed by atoms with van der Waals surface area (Å²) >= 11 is 1.48. The lowest BCUT2D eigenvalue weighted by Crippen LogP contribution is -2.40. The molecule has 0 amide bonds. The number of aliphatic hydroxyl groups is 1. The van der Waals surface area contributed by atoms with Crippen LogP contribution in [0.2, 0.25) is 18.1 Å². The quantitative estimate of drug-likeness (QED) is 0.796. The summed E-state index contributed by atoms with van der Waals surface area (Å²) < 4.78 is 6.24. The maximum Gasteiger partial charge on any atom is 0.192 e. The minimum atomic E-state index is -1.71. The summed E-state index contributed by atoms with van der Waals surface area (Å²) in [6.45, 7) is 12.0. The number of hydrogen-bond donors (Lipinski definition) is 1. The van der Waals surface area contributed by atoms with Gasteiger partial charge >= 0.3 is 0 Å². The number of nitrogens with zero attached hydrogens (tertiary/aromatic N) is 1. The highest BCUT2D eigenvalue weighted by Gasteiger charge is 2.36. The van der Waals surface area contributed by atoms with Crippen LogP contribution in [0.25, 0.3) is 11.3 Å². The third kappa shape index (κ3) is 4.04. The largest absolute Gasteiger partial charge is 0.413 e. The molecule has 1 heterocycles. The summed E-state index contributed by atoms with van der Waals surface area (Å²) in [5, 5.41) is 12.0. The van der Waals surface area contributed by atoms with E-state index in [2.05, 4.69) is 63.1 Å². The molecule has 0 saturated heterocycles. The van der Waals surface area contributed by atoms with Crippen LogP contribution < -0.4 is 0 Å². The molecule has 0 aliphatic carbocycles. The number of rotatable bonds is 5. The molecule has 1 aromatic carbocycles. The fraction of sp³-hybridized carbons (Fsp3) is 0.471. The van der Waals surface area contributed by atoms with Gasteiger partial charge in [0.25, 0.3) is 0 Å². The lowest BCUT2D eigenvalue weighted by Gasteiger charge is -2.36. The van der Waals surface area contributed by atoms with Crippen LogP contribution in [0.15, 0.2) is 29.6 Å². The van der Waals surface area contributed by atoms with Gasteiger partial charge in [0.15, 0.2) is 8.32 Å². The molecule has 0 atom stereocenters. The molecule has 2 rings (SSSR count). The first-order valence-electron chi connectivity index (χ1n) is 7.51. The average Bonchev–Trinajstić information content (AvgIpc) is 2.93. The Kier molecular flexibility index (Phi) is 5.22. The smallest absolute Gasteiger partial charge is 0.192 e. The second-order valence-electron chi connectivity index (χ2n) is 7.03. The Morgan fingerprint density at radius 1 is 1.18 bits per heavy atom. The molecule has 22 heavy (non-hydrogen) atoms.